The molecule has 1 heterocycles. The molecular weight excluding hydrogens is 447 g/mol. The molecule has 0 spiro atoms. The van der Waals surface area contributed by atoms with E-state index in [1.165, 1.54) is 11.3 Å². The van der Waals surface area contributed by atoms with Gasteiger partial charge in [0.05, 0.1) is 22.8 Å². The molecule has 0 unspecified atom stereocenters. The third kappa shape index (κ3) is 3.90. The lowest BCUT2D eigenvalue weighted by atomic mass is 10.2. The van der Waals surface area contributed by atoms with E-state index in [9.17, 15) is 13.2 Å². The van der Waals surface area contributed by atoms with E-state index in [1.54, 1.807) is 6.20 Å². The van der Waals surface area contributed by atoms with Crippen LogP contribution in [0, 0.1) is 3.57 Å². The summed E-state index contributed by atoms with van der Waals surface area (Å²) in [7, 11) is 0. The summed E-state index contributed by atoms with van der Waals surface area (Å²) >= 11 is 14.7. The van der Waals surface area contributed by atoms with Crippen LogP contribution < -0.4 is 5.32 Å². The third-order valence-corrected chi connectivity index (χ3v) is 4.60. The molecule has 0 radical (unpaired) electrons. The van der Waals surface area contributed by atoms with Gasteiger partial charge >= 0.3 is 6.18 Å². The second-order valence-corrected chi connectivity index (χ2v) is 7.01. The third-order valence-electron chi connectivity index (χ3n) is 2.33. The van der Waals surface area contributed by atoms with E-state index in [4.69, 9.17) is 23.2 Å². The first kappa shape index (κ1) is 16.1. The molecule has 1 aromatic carbocycles. The highest BCUT2D eigenvalue weighted by molar-refractivity contribution is 14.1. The molecule has 1 N–H and O–H groups in total. The smallest absolute Gasteiger partial charge is 0.378 e. The minimum absolute atomic E-state index is 0.0276. The van der Waals surface area contributed by atoms with E-state index in [-0.39, 0.29) is 5.02 Å². The normalized spacial score (nSPS) is 11.7. The summed E-state index contributed by atoms with van der Waals surface area (Å²) in [6, 6.07) is 1.96. The van der Waals surface area contributed by atoms with Gasteiger partial charge in [-0.15, -0.1) is 11.3 Å². The van der Waals surface area contributed by atoms with Crippen LogP contribution in [0.25, 0.3) is 0 Å². The zero-order chi connectivity index (χ0) is 14.9. The van der Waals surface area contributed by atoms with Crippen LogP contribution in [0.2, 0.25) is 9.49 Å². The summed E-state index contributed by atoms with van der Waals surface area (Å²) in [4.78, 5) is 4.74. The second-order valence-electron chi connectivity index (χ2n) is 3.75. The van der Waals surface area contributed by atoms with Crippen molar-refractivity contribution >= 4 is 62.8 Å². The lowest BCUT2D eigenvalue weighted by Crippen LogP contribution is -2.07. The molecule has 0 saturated heterocycles. The number of alkyl halides is 3. The molecule has 0 atom stereocenters. The average Bonchev–Trinajstić information content (AvgIpc) is 2.72. The van der Waals surface area contributed by atoms with Crippen molar-refractivity contribution in [1.82, 2.24) is 4.98 Å². The van der Waals surface area contributed by atoms with Crippen LogP contribution in [-0.4, -0.2) is 4.98 Å². The zero-order valence-corrected chi connectivity index (χ0v) is 14.0. The Kier molecular flexibility index (Phi) is 5.04. The number of halogens is 6. The predicted octanol–water partition coefficient (Wildman–Crippen LogP) is 5.69. The number of hydrogen-bond acceptors (Lipinski definition) is 3. The van der Waals surface area contributed by atoms with E-state index in [2.05, 4.69) is 10.3 Å². The van der Waals surface area contributed by atoms with Crippen molar-refractivity contribution in [2.75, 3.05) is 5.32 Å². The minimum atomic E-state index is -4.41. The van der Waals surface area contributed by atoms with Crippen LogP contribution in [0.1, 0.15) is 10.4 Å². The molecule has 2 aromatic rings. The molecular formula is C11H6Cl2F3IN2S. The first-order chi connectivity index (χ1) is 9.27. The number of aromatic nitrogens is 1. The number of thiazole rings is 1. The molecule has 0 aliphatic carbocycles. The summed E-state index contributed by atoms with van der Waals surface area (Å²) in [6.45, 7) is 0.394. The fourth-order valence-electron chi connectivity index (χ4n) is 1.45. The van der Waals surface area contributed by atoms with Crippen LogP contribution in [-0.2, 0) is 12.7 Å². The molecule has 9 heteroatoms. The molecule has 0 saturated carbocycles. The van der Waals surface area contributed by atoms with Gasteiger partial charge in [-0.3, -0.25) is 0 Å². The Hall–Kier alpha value is -0.250. The van der Waals surface area contributed by atoms with Crippen LogP contribution in [0.4, 0.5) is 18.9 Å². The van der Waals surface area contributed by atoms with E-state index in [0.29, 0.717) is 20.3 Å². The van der Waals surface area contributed by atoms with Gasteiger partial charge in [-0.25, -0.2) is 4.98 Å². The highest BCUT2D eigenvalue weighted by Crippen LogP contribution is 2.37. The highest BCUT2D eigenvalue weighted by atomic mass is 127. The van der Waals surface area contributed by atoms with Gasteiger partial charge < -0.3 is 5.32 Å². The minimum Gasteiger partial charge on any atom is -0.378 e. The van der Waals surface area contributed by atoms with Crippen molar-refractivity contribution in [3.05, 3.63) is 41.8 Å². The maximum Gasteiger partial charge on any atom is 0.416 e. The summed E-state index contributed by atoms with van der Waals surface area (Å²) in [5.74, 6) is 0. The first-order valence-corrected chi connectivity index (χ1v) is 7.83. The Morgan fingerprint density at radius 2 is 2.00 bits per heavy atom. The van der Waals surface area contributed by atoms with Gasteiger partial charge in [-0.1, -0.05) is 23.2 Å². The number of anilines is 1. The van der Waals surface area contributed by atoms with E-state index < -0.39 is 11.7 Å². The molecule has 0 aliphatic rings. The summed E-state index contributed by atoms with van der Waals surface area (Å²) in [5.41, 5.74) is -0.303. The van der Waals surface area contributed by atoms with Crippen LogP contribution in [0.15, 0.2) is 18.3 Å². The van der Waals surface area contributed by atoms with Crippen LogP contribution in [0.5, 0.6) is 0 Å². The van der Waals surface area contributed by atoms with Gasteiger partial charge in [0.15, 0.2) is 4.47 Å². The fourth-order valence-corrected chi connectivity index (χ4v) is 3.63. The maximum absolute atomic E-state index is 12.6. The molecule has 0 fully saturated rings. The largest absolute Gasteiger partial charge is 0.416 e. The molecule has 20 heavy (non-hydrogen) atoms. The Bertz CT molecular complexity index is 607. The number of benzene rings is 1. The Labute approximate surface area is 140 Å². The first-order valence-electron chi connectivity index (χ1n) is 5.17. The Morgan fingerprint density at radius 3 is 2.50 bits per heavy atom. The van der Waals surface area contributed by atoms with Gasteiger partial charge in [-0.05, 0) is 34.7 Å². The van der Waals surface area contributed by atoms with E-state index in [1.807, 2.05) is 22.6 Å². The lowest BCUT2D eigenvalue weighted by Gasteiger charge is -2.13. The second kappa shape index (κ2) is 6.25. The lowest BCUT2D eigenvalue weighted by molar-refractivity contribution is -0.137. The Morgan fingerprint density at radius 1 is 1.30 bits per heavy atom. The number of hydrogen-bond donors (Lipinski definition) is 1. The summed E-state index contributed by atoms with van der Waals surface area (Å²) in [5, 5.41) is 3.02. The van der Waals surface area contributed by atoms with Crippen LogP contribution in [0.3, 0.4) is 0 Å². The average molecular weight is 453 g/mol. The van der Waals surface area contributed by atoms with Crippen molar-refractivity contribution in [2.24, 2.45) is 0 Å². The molecule has 108 valence electrons. The van der Waals surface area contributed by atoms with Crippen molar-refractivity contribution in [3.63, 3.8) is 0 Å². The van der Waals surface area contributed by atoms with Crippen molar-refractivity contribution in [2.45, 2.75) is 12.7 Å². The Balaban J connectivity index is 2.20. The topological polar surface area (TPSA) is 24.9 Å². The van der Waals surface area contributed by atoms with Crippen molar-refractivity contribution in [1.29, 1.82) is 0 Å². The zero-order valence-electron chi connectivity index (χ0n) is 9.56. The van der Waals surface area contributed by atoms with Gasteiger partial charge in [0.1, 0.15) is 0 Å². The molecule has 0 bridgehead atoms. The van der Waals surface area contributed by atoms with Gasteiger partial charge in [0.25, 0.3) is 0 Å². The standard InChI is InChI=1S/C11H6Cl2F3IN2S/c12-7-1-5(11(14,15)16)2-8(17)9(7)18-3-6-4-19-10(13)20-6/h1-2,4,18H,3H2. The van der Waals surface area contributed by atoms with Gasteiger partial charge in [0.2, 0.25) is 0 Å². The molecule has 0 amide bonds. The van der Waals surface area contributed by atoms with E-state index in [0.717, 1.165) is 17.0 Å². The highest BCUT2D eigenvalue weighted by Gasteiger charge is 2.31. The van der Waals surface area contributed by atoms with Crippen LogP contribution >= 0.6 is 57.1 Å². The number of rotatable bonds is 3. The maximum atomic E-state index is 12.6. The molecule has 2 nitrogen and oxygen atoms in total. The SMILES string of the molecule is FC(F)(F)c1cc(Cl)c(NCc2cnc(Cl)s2)c(I)c1. The summed E-state index contributed by atoms with van der Waals surface area (Å²) < 4.78 is 38.7. The number of nitrogens with one attached hydrogen (secondary N) is 1. The van der Waals surface area contributed by atoms with Gasteiger partial charge in [0, 0.05) is 14.6 Å². The predicted molar refractivity (Wildman–Crippen MR) is 83.6 cm³/mol. The summed E-state index contributed by atoms with van der Waals surface area (Å²) in [6.07, 6.45) is -2.81. The van der Waals surface area contributed by atoms with E-state index >= 15 is 0 Å². The molecule has 1 aromatic heterocycles. The fraction of sp³-hybridized carbons (Fsp3) is 0.182. The molecule has 2 rings (SSSR count). The monoisotopic (exact) mass is 452 g/mol. The van der Waals surface area contributed by atoms with Crippen molar-refractivity contribution in [3.8, 4) is 0 Å². The quantitative estimate of drug-likeness (QED) is 0.605. The molecule has 0 aliphatic heterocycles. The van der Waals surface area contributed by atoms with Crippen molar-refractivity contribution < 1.29 is 13.2 Å². The number of nitrogens with zero attached hydrogens (tertiary/aromatic N) is 1. The van der Waals surface area contributed by atoms with Gasteiger partial charge in [-0.2, -0.15) is 13.2 Å².